The third-order valence-electron chi connectivity index (χ3n) is 1.91. The average molecular weight is 290 g/mol. The highest BCUT2D eigenvalue weighted by molar-refractivity contribution is 14.1. The smallest absolute Gasteiger partial charge is 0.337 e. The van der Waals surface area contributed by atoms with Crippen LogP contribution >= 0.6 is 22.6 Å². The summed E-state index contributed by atoms with van der Waals surface area (Å²) < 4.78 is 5.55. The van der Waals surface area contributed by atoms with Gasteiger partial charge in [0.25, 0.3) is 0 Å². The van der Waals surface area contributed by atoms with Gasteiger partial charge in [-0.15, -0.1) is 0 Å². The van der Waals surface area contributed by atoms with E-state index in [-0.39, 0.29) is 5.97 Å². The van der Waals surface area contributed by atoms with Gasteiger partial charge in [0, 0.05) is 4.43 Å². The van der Waals surface area contributed by atoms with E-state index in [1.165, 1.54) is 18.2 Å². The quantitative estimate of drug-likeness (QED) is 0.475. The fourth-order valence-corrected chi connectivity index (χ4v) is 1.88. The second kappa shape index (κ2) is 4.60. The Kier molecular flexibility index (Phi) is 3.71. The molecule has 0 atom stereocenters. The molecule has 0 bridgehead atoms. The van der Waals surface area contributed by atoms with Gasteiger partial charge >= 0.3 is 5.97 Å². The lowest BCUT2D eigenvalue weighted by Gasteiger charge is -2.04. The van der Waals surface area contributed by atoms with Crippen LogP contribution in [0.1, 0.15) is 21.5 Å². The van der Waals surface area contributed by atoms with Crippen LogP contribution in [0.25, 0.3) is 0 Å². The van der Waals surface area contributed by atoms with Gasteiger partial charge in [-0.3, -0.25) is 0 Å². The van der Waals surface area contributed by atoms with E-state index in [0.717, 1.165) is 4.43 Å². The van der Waals surface area contributed by atoms with E-state index < -0.39 is 0 Å². The third-order valence-corrected chi connectivity index (χ3v) is 2.74. The standard InChI is InChI=1S/C10H11IO2/c1-7-3-4-8(10(12)13-2)5-9(7)6-11/h3-5H,6H2,1-2H3. The third kappa shape index (κ3) is 2.43. The first-order valence-corrected chi connectivity index (χ1v) is 5.45. The van der Waals surface area contributed by atoms with E-state index >= 15 is 0 Å². The van der Waals surface area contributed by atoms with Gasteiger partial charge < -0.3 is 4.74 Å². The van der Waals surface area contributed by atoms with Gasteiger partial charge in [-0.2, -0.15) is 0 Å². The molecule has 0 saturated carbocycles. The zero-order valence-corrected chi connectivity index (χ0v) is 9.79. The monoisotopic (exact) mass is 290 g/mol. The molecule has 0 unspecified atom stereocenters. The molecule has 0 aliphatic carbocycles. The highest BCUT2D eigenvalue weighted by Crippen LogP contribution is 2.15. The Hall–Kier alpha value is -0.580. The first-order valence-electron chi connectivity index (χ1n) is 3.93. The maximum absolute atomic E-state index is 11.2. The van der Waals surface area contributed by atoms with Gasteiger partial charge in [0.05, 0.1) is 12.7 Å². The van der Waals surface area contributed by atoms with Crippen LogP contribution in [0.5, 0.6) is 0 Å². The second-order valence-corrected chi connectivity index (χ2v) is 3.53. The Morgan fingerprint density at radius 1 is 1.54 bits per heavy atom. The molecule has 0 fully saturated rings. The van der Waals surface area contributed by atoms with Crippen LogP contribution in [0.2, 0.25) is 0 Å². The maximum Gasteiger partial charge on any atom is 0.337 e. The van der Waals surface area contributed by atoms with Crippen LogP contribution in [-0.2, 0) is 9.16 Å². The maximum atomic E-state index is 11.2. The fourth-order valence-electron chi connectivity index (χ4n) is 1.06. The number of esters is 1. The van der Waals surface area contributed by atoms with E-state index in [0.29, 0.717) is 5.56 Å². The first kappa shape index (κ1) is 10.5. The number of carbonyl (C=O) groups excluding carboxylic acids is 1. The topological polar surface area (TPSA) is 26.3 Å². The minimum Gasteiger partial charge on any atom is -0.465 e. The summed E-state index contributed by atoms with van der Waals surface area (Å²) >= 11 is 2.28. The van der Waals surface area contributed by atoms with Crippen LogP contribution < -0.4 is 0 Å². The molecule has 0 N–H and O–H groups in total. The van der Waals surface area contributed by atoms with Crippen molar-refractivity contribution in [3.8, 4) is 0 Å². The lowest BCUT2D eigenvalue weighted by Crippen LogP contribution is -2.02. The number of alkyl halides is 1. The molecule has 2 nitrogen and oxygen atoms in total. The summed E-state index contributed by atoms with van der Waals surface area (Å²) in [5.74, 6) is -0.272. The molecule has 1 rings (SSSR count). The summed E-state index contributed by atoms with van der Waals surface area (Å²) in [6.07, 6.45) is 0. The molecular weight excluding hydrogens is 279 g/mol. The minimum atomic E-state index is -0.272. The summed E-state index contributed by atoms with van der Waals surface area (Å²) in [5, 5.41) is 0. The van der Waals surface area contributed by atoms with Crippen molar-refractivity contribution >= 4 is 28.6 Å². The number of carbonyl (C=O) groups is 1. The van der Waals surface area contributed by atoms with Gasteiger partial charge in [0.15, 0.2) is 0 Å². The number of hydrogen-bond donors (Lipinski definition) is 0. The molecule has 0 amide bonds. The van der Waals surface area contributed by atoms with Gasteiger partial charge in [-0.25, -0.2) is 4.79 Å². The highest BCUT2D eigenvalue weighted by Gasteiger charge is 2.06. The summed E-state index contributed by atoms with van der Waals surface area (Å²) in [4.78, 5) is 11.2. The van der Waals surface area contributed by atoms with Crippen molar-refractivity contribution < 1.29 is 9.53 Å². The molecule has 3 heteroatoms. The summed E-state index contributed by atoms with van der Waals surface area (Å²) in [5.41, 5.74) is 3.02. The zero-order valence-electron chi connectivity index (χ0n) is 7.63. The van der Waals surface area contributed by atoms with E-state index in [9.17, 15) is 4.79 Å². The molecule has 0 aliphatic heterocycles. The number of halogens is 1. The van der Waals surface area contributed by atoms with Crippen LogP contribution in [0.3, 0.4) is 0 Å². The fraction of sp³-hybridized carbons (Fsp3) is 0.300. The van der Waals surface area contributed by atoms with Crippen molar-refractivity contribution in [2.24, 2.45) is 0 Å². The molecule has 0 aliphatic rings. The van der Waals surface area contributed by atoms with Crippen LogP contribution in [0, 0.1) is 6.92 Å². The molecule has 1 aromatic carbocycles. The Bertz CT molecular complexity index is 321. The molecule has 0 saturated heterocycles. The van der Waals surface area contributed by atoms with Crippen molar-refractivity contribution in [2.45, 2.75) is 11.4 Å². The molecule has 0 radical (unpaired) electrons. The molecule has 0 aromatic heterocycles. The Balaban J connectivity index is 3.06. The number of methoxy groups -OCH3 is 1. The van der Waals surface area contributed by atoms with E-state index in [1.807, 2.05) is 19.1 Å². The summed E-state index contributed by atoms with van der Waals surface area (Å²) in [6.45, 7) is 2.04. The Morgan fingerprint density at radius 3 is 2.77 bits per heavy atom. The van der Waals surface area contributed by atoms with Crippen LogP contribution in [0.4, 0.5) is 0 Å². The van der Waals surface area contributed by atoms with Crippen LogP contribution in [-0.4, -0.2) is 13.1 Å². The van der Waals surface area contributed by atoms with Crippen molar-refractivity contribution in [1.82, 2.24) is 0 Å². The molecule has 13 heavy (non-hydrogen) atoms. The number of aryl methyl sites for hydroxylation is 1. The van der Waals surface area contributed by atoms with E-state index in [4.69, 9.17) is 0 Å². The van der Waals surface area contributed by atoms with Crippen molar-refractivity contribution in [1.29, 1.82) is 0 Å². The SMILES string of the molecule is COC(=O)c1ccc(C)c(CI)c1. The molecular formula is C10H11IO2. The summed E-state index contributed by atoms with van der Waals surface area (Å²) in [6, 6.07) is 5.62. The van der Waals surface area contributed by atoms with Crippen LogP contribution in [0.15, 0.2) is 18.2 Å². The largest absolute Gasteiger partial charge is 0.465 e. The van der Waals surface area contributed by atoms with Crippen molar-refractivity contribution in [2.75, 3.05) is 7.11 Å². The first-order chi connectivity index (χ1) is 6.19. The van der Waals surface area contributed by atoms with Crippen molar-refractivity contribution in [3.05, 3.63) is 34.9 Å². The number of benzene rings is 1. The highest BCUT2D eigenvalue weighted by atomic mass is 127. The lowest BCUT2D eigenvalue weighted by molar-refractivity contribution is 0.0600. The molecule has 0 spiro atoms. The van der Waals surface area contributed by atoms with E-state index in [1.54, 1.807) is 6.07 Å². The van der Waals surface area contributed by atoms with Gasteiger partial charge in [-0.05, 0) is 30.2 Å². The number of hydrogen-bond acceptors (Lipinski definition) is 2. The second-order valence-electron chi connectivity index (χ2n) is 2.77. The lowest BCUT2D eigenvalue weighted by atomic mass is 10.1. The van der Waals surface area contributed by atoms with Crippen molar-refractivity contribution in [3.63, 3.8) is 0 Å². The predicted octanol–water partition coefficient (Wildman–Crippen LogP) is 2.72. The summed E-state index contributed by atoms with van der Waals surface area (Å²) in [7, 11) is 1.39. The Labute approximate surface area is 91.4 Å². The predicted molar refractivity (Wildman–Crippen MR) is 60.2 cm³/mol. The molecule has 70 valence electrons. The normalized spacial score (nSPS) is 9.77. The number of rotatable bonds is 2. The van der Waals surface area contributed by atoms with E-state index in [2.05, 4.69) is 27.3 Å². The number of ether oxygens (including phenoxy) is 1. The van der Waals surface area contributed by atoms with Gasteiger partial charge in [0.2, 0.25) is 0 Å². The van der Waals surface area contributed by atoms with Gasteiger partial charge in [0.1, 0.15) is 0 Å². The minimum absolute atomic E-state index is 0.272. The van der Waals surface area contributed by atoms with Gasteiger partial charge in [-0.1, -0.05) is 28.7 Å². The molecule has 0 heterocycles. The average Bonchev–Trinajstić information content (AvgIpc) is 2.17. The molecule has 1 aromatic rings. The zero-order chi connectivity index (χ0) is 9.84. The Morgan fingerprint density at radius 2 is 2.23 bits per heavy atom.